The van der Waals surface area contributed by atoms with E-state index in [0.717, 1.165) is 13.0 Å². The van der Waals surface area contributed by atoms with Gasteiger partial charge in [-0.3, -0.25) is 0 Å². The van der Waals surface area contributed by atoms with Crippen molar-refractivity contribution in [2.45, 2.75) is 39.5 Å². The number of thiol groups is 1. The molecule has 0 heterocycles. The average Bonchev–Trinajstić information content (AvgIpc) is 2.05. The van der Waals surface area contributed by atoms with Crippen LogP contribution in [0.3, 0.4) is 0 Å². The smallest absolute Gasteiger partial charge is 0.216 e. The molecule has 13 heavy (non-hydrogen) atoms. The summed E-state index contributed by atoms with van der Waals surface area (Å²) in [4.78, 5) is 0. The van der Waals surface area contributed by atoms with Gasteiger partial charge in [-0.15, -0.1) is 0 Å². The van der Waals surface area contributed by atoms with Crippen molar-refractivity contribution in [1.29, 1.82) is 0 Å². The van der Waals surface area contributed by atoms with Gasteiger partial charge in [-0.2, -0.15) is 0 Å². The first-order chi connectivity index (χ1) is 5.70. The minimum absolute atomic E-state index is 0. The molecule has 0 aromatic heterocycles. The fourth-order valence-corrected chi connectivity index (χ4v) is 1.23. The monoisotopic (exact) mass is 264 g/mol. The van der Waals surface area contributed by atoms with Crippen LogP contribution in [0.15, 0.2) is 0 Å². The summed E-state index contributed by atoms with van der Waals surface area (Å²) in [6.45, 7) is 5.13. The summed E-state index contributed by atoms with van der Waals surface area (Å²) in [7, 11) is 0. The van der Waals surface area contributed by atoms with Crippen LogP contribution in [0.2, 0.25) is 0 Å². The molecule has 0 N–H and O–H groups in total. The summed E-state index contributed by atoms with van der Waals surface area (Å²) >= 11 is 8.63. The molecule has 0 rings (SSSR count). The predicted octanol–water partition coefficient (Wildman–Crippen LogP) is 3.43. The molecule has 0 amide bonds. The molecule has 0 aliphatic carbocycles. The van der Waals surface area contributed by atoms with E-state index in [-0.39, 0.29) is 16.5 Å². The maximum atomic E-state index is 5.19. The van der Waals surface area contributed by atoms with E-state index in [1.54, 1.807) is 0 Å². The summed E-state index contributed by atoms with van der Waals surface area (Å²) in [5.74, 6) is 0.648. The molecule has 0 aromatic rings. The van der Waals surface area contributed by atoms with E-state index in [9.17, 15) is 0 Å². The van der Waals surface area contributed by atoms with Gasteiger partial charge in [0, 0.05) is 16.5 Å². The normalized spacial score (nSPS) is 11.6. The third-order valence-corrected chi connectivity index (χ3v) is 2.23. The second-order valence-corrected chi connectivity index (χ2v) is 4.07. The van der Waals surface area contributed by atoms with Crippen LogP contribution in [0.25, 0.3) is 0 Å². The molecule has 0 aromatic carbocycles. The fraction of sp³-hybridized carbons (Fsp3) is 0.889. The topological polar surface area (TPSA) is 9.23 Å². The summed E-state index contributed by atoms with van der Waals surface area (Å²) in [6, 6.07) is 0. The number of thiocarbonyl (C=S) groups is 1. The van der Waals surface area contributed by atoms with E-state index >= 15 is 0 Å². The molecule has 0 aliphatic heterocycles. The van der Waals surface area contributed by atoms with E-state index in [4.69, 9.17) is 17.0 Å². The number of unbranched alkanes of at least 4 members (excludes halogenated alkanes) is 1. The molecule has 4 heteroatoms. The first-order valence-electron chi connectivity index (χ1n) is 4.56. The Morgan fingerprint density at radius 1 is 1.46 bits per heavy atom. The molecule has 0 aliphatic rings. The van der Waals surface area contributed by atoms with Gasteiger partial charge in [0.25, 0.3) is 0 Å². The largest absolute Gasteiger partial charge is 0.478 e. The quantitative estimate of drug-likeness (QED) is 0.447. The molecule has 0 saturated carbocycles. The molecule has 82 valence electrons. The third kappa shape index (κ3) is 10.7. The first-order valence-corrected chi connectivity index (χ1v) is 5.41. The van der Waals surface area contributed by atoms with Crippen molar-refractivity contribution in [1.82, 2.24) is 0 Å². The number of rotatable bonds is 6. The van der Waals surface area contributed by atoms with Gasteiger partial charge in [-0.1, -0.05) is 45.7 Å². The minimum atomic E-state index is 0. The Hall–Kier alpha value is 0.734. The predicted molar refractivity (Wildman–Crippen MR) is 60.8 cm³/mol. The van der Waals surface area contributed by atoms with Gasteiger partial charge in [-0.25, -0.2) is 0 Å². The van der Waals surface area contributed by atoms with Crippen molar-refractivity contribution in [3.05, 3.63) is 0 Å². The van der Waals surface area contributed by atoms with Gasteiger partial charge in [0.1, 0.15) is 0 Å². The van der Waals surface area contributed by atoms with Crippen molar-refractivity contribution < 1.29 is 21.2 Å². The van der Waals surface area contributed by atoms with E-state index in [0.29, 0.717) is 10.3 Å². The molecule has 0 bridgehead atoms. The summed E-state index contributed by atoms with van der Waals surface area (Å²) in [6.07, 6.45) is 4.93. The fourth-order valence-electron chi connectivity index (χ4n) is 1.09. The van der Waals surface area contributed by atoms with Gasteiger partial charge in [0.15, 0.2) is 0 Å². The molecule has 1 unspecified atom stereocenters. The number of hydrogen-bond donors (Lipinski definition) is 1. The van der Waals surface area contributed by atoms with Gasteiger partial charge in [-0.05, 0) is 24.6 Å². The van der Waals surface area contributed by atoms with Crippen LogP contribution >= 0.6 is 24.8 Å². The molecule has 0 saturated heterocycles. The maximum absolute atomic E-state index is 5.19. The van der Waals surface area contributed by atoms with Crippen LogP contribution in [0.4, 0.5) is 0 Å². The maximum Gasteiger partial charge on any atom is 0.216 e. The van der Waals surface area contributed by atoms with Crippen molar-refractivity contribution >= 4 is 29.2 Å². The van der Waals surface area contributed by atoms with Crippen LogP contribution in [-0.2, 0) is 21.2 Å². The first kappa shape index (κ1) is 16.2. The van der Waals surface area contributed by atoms with Gasteiger partial charge < -0.3 is 4.74 Å². The Morgan fingerprint density at radius 2 is 2.08 bits per heavy atom. The van der Waals surface area contributed by atoms with E-state index in [2.05, 4.69) is 26.5 Å². The Bertz CT molecular complexity index is 131. The van der Waals surface area contributed by atoms with Crippen molar-refractivity contribution in [2.75, 3.05) is 6.61 Å². The van der Waals surface area contributed by atoms with Crippen molar-refractivity contribution in [2.24, 2.45) is 5.92 Å². The number of ether oxygens (including phenoxy) is 1. The zero-order chi connectivity index (χ0) is 9.40. The van der Waals surface area contributed by atoms with E-state index in [1.165, 1.54) is 19.3 Å². The Balaban J connectivity index is 0. The summed E-state index contributed by atoms with van der Waals surface area (Å²) in [5.41, 5.74) is 0. The zero-order valence-corrected chi connectivity index (χ0v) is 10.9. The van der Waals surface area contributed by atoms with Gasteiger partial charge >= 0.3 is 0 Å². The van der Waals surface area contributed by atoms with Gasteiger partial charge in [0.2, 0.25) is 4.38 Å². The molecule has 0 fully saturated rings. The van der Waals surface area contributed by atoms with Crippen LogP contribution in [-0.4, -0.2) is 11.0 Å². The minimum Gasteiger partial charge on any atom is -0.478 e. The van der Waals surface area contributed by atoms with Crippen LogP contribution in [0.5, 0.6) is 0 Å². The Labute approximate surface area is 102 Å². The van der Waals surface area contributed by atoms with Gasteiger partial charge in [0.05, 0.1) is 6.61 Å². The molecule has 0 radical (unpaired) electrons. The standard InChI is InChI=1S/C9H18OS2.Ni/c1-3-5-6-8(4-2)7-10-9(11)12;/h8H,3-7H2,1-2H3,(H,11,12);. The van der Waals surface area contributed by atoms with E-state index < -0.39 is 0 Å². The van der Waals surface area contributed by atoms with Crippen LogP contribution in [0.1, 0.15) is 39.5 Å². The summed E-state index contributed by atoms with van der Waals surface area (Å²) in [5, 5.41) is 0. The van der Waals surface area contributed by atoms with Crippen molar-refractivity contribution in [3.8, 4) is 0 Å². The van der Waals surface area contributed by atoms with E-state index in [1.807, 2.05) is 0 Å². The molecular weight excluding hydrogens is 247 g/mol. The average molecular weight is 265 g/mol. The summed E-state index contributed by atoms with van der Waals surface area (Å²) < 4.78 is 5.55. The van der Waals surface area contributed by atoms with Crippen molar-refractivity contribution in [3.63, 3.8) is 0 Å². The third-order valence-electron chi connectivity index (χ3n) is 1.99. The molecule has 0 spiro atoms. The van der Waals surface area contributed by atoms with Crippen LogP contribution < -0.4 is 0 Å². The Morgan fingerprint density at radius 3 is 2.46 bits per heavy atom. The molecule has 1 atom stereocenters. The SMILES string of the molecule is CCCCC(CC)COC(=S)S.[Ni]. The second-order valence-electron chi connectivity index (χ2n) is 2.99. The van der Waals surface area contributed by atoms with Crippen LogP contribution in [0, 0.1) is 5.92 Å². The zero-order valence-electron chi connectivity index (χ0n) is 8.19. The Kier molecular flexibility index (Phi) is 13.5. The molecule has 1 nitrogen and oxygen atoms in total. The number of hydrogen-bond acceptors (Lipinski definition) is 2. The molecular formula is C9H18NiOS2. The second kappa shape index (κ2) is 10.8.